The van der Waals surface area contributed by atoms with Gasteiger partial charge >= 0.3 is 6.09 Å². The minimum atomic E-state index is -0.352. The maximum atomic E-state index is 12.7. The van der Waals surface area contributed by atoms with Crippen LogP contribution in [0.5, 0.6) is 0 Å². The fraction of sp³-hybridized carbons (Fsp3) is 0.391. The van der Waals surface area contributed by atoms with Crippen LogP contribution in [0, 0.1) is 6.92 Å². The highest BCUT2D eigenvalue weighted by molar-refractivity contribution is 5.76. The normalized spacial score (nSPS) is 15.3. The summed E-state index contributed by atoms with van der Waals surface area (Å²) in [6.45, 7) is 6.45. The molecule has 1 aliphatic rings. The second-order valence-electron chi connectivity index (χ2n) is 8.51. The molecule has 1 fully saturated rings. The van der Waals surface area contributed by atoms with Crippen molar-refractivity contribution in [1.82, 2.24) is 34.1 Å². The van der Waals surface area contributed by atoms with Crippen LogP contribution < -0.4 is 4.90 Å². The highest BCUT2D eigenvalue weighted by atomic mass is 16.6. The number of rotatable bonds is 4. The third-order valence-electron chi connectivity index (χ3n) is 6.14. The Bertz CT molecular complexity index is 1300. The summed E-state index contributed by atoms with van der Waals surface area (Å²) in [6, 6.07) is 6.12. The van der Waals surface area contributed by atoms with Gasteiger partial charge in [0.15, 0.2) is 0 Å². The van der Waals surface area contributed by atoms with Gasteiger partial charge in [-0.15, -0.1) is 0 Å². The Hall–Kier alpha value is -3.82. The molecule has 5 heterocycles. The molecule has 1 atom stereocenters. The summed E-state index contributed by atoms with van der Waals surface area (Å²) in [6.07, 6.45) is 7.10. The molecule has 0 bridgehead atoms. The molecule has 0 spiro atoms. The van der Waals surface area contributed by atoms with Crippen molar-refractivity contribution in [2.75, 3.05) is 31.1 Å². The fourth-order valence-corrected chi connectivity index (χ4v) is 4.38. The lowest BCUT2D eigenvalue weighted by molar-refractivity contribution is 0.0650. The average molecular weight is 449 g/mol. The van der Waals surface area contributed by atoms with Crippen molar-refractivity contribution in [3.8, 4) is 11.1 Å². The van der Waals surface area contributed by atoms with Gasteiger partial charge in [-0.1, -0.05) is 6.07 Å². The monoisotopic (exact) mass is 448 g/mol. The van der Waals surface area contributed by atoms with E-state index in [2.05, 4.69) is 32.3 Å². The summed E-state index contributed by atoms with van der Waals surface area (Å²) in [5.74, 6) is 0. The van der Waals surface area contributed by atoms with Crippen LogP contribution in [-0.4, -0.2) is 66.3 Å². The van der Waals surface area contributed by atoms with E-state index in [0.717, 1.165) is 46.8 Å². The van der Waals surface area contributed by atoms with Crippen molar-refractivity contribution in [2.45, 2.75) is 20.0 Å². The number of nitrogens with zero attached hydrogens (tertiary/aromatic N) is 8. The van der Waals surface area contributed by atoms with Crippen molar-refractivity contribution >= 4 is 17.3 Å². The van der Waals surface area contributed by atoms with Gasteiger partial charge in [0, 0.05) is 63.8 Å². The number of ether oxygens (including phenoxy) is 1. The lowest BCUT2D eigenvalue weighted by Gasteiger charge is -2.35. The number of anilines is 1. The summed E-state index contributed by atoms with van der Waals surface area (Å²) >= 11 is 0. The largest absolute Gasteiger partial charge is 0.440 e. The first kappa shape index (κ1) is 21.0. The number of pyridine rings is 1. The third-order valence-corrected chi connectivity index (χ3v) is 6.14. The first-order valence-corrected chi connectivity index (χ1v) is 11.1. The lowest BCUT2D eigenvalue weighted by Crippen LogP contribution is -2.49. The Morgan fingerprint density at radius 3 is 2.48 bits per heavy atom. The van der Waals surface area contributed by atoms with Gasteiger partial charge in [-0.2, -0.15) is 15.3 Å². The first-order valence-electron chi connectivity index (χ1n) is 11.1. The zero-order valence-corrected chi connectivity index (χ0v) is 19.3. The first-order chi connectivity index (χ1) is 15.9. The number of hydrogen-bond acceptors (Lipinski definition) is 6. The molecule has 1 saturated heterocycles. The van der Waals surface area contributed by atoms with Crippen LogP contribution in [0.1, 0.15) is 24.4 Å². The van der Waals surface area contributed by atoms with Gasteiger partial charge in [-0.3, -0.25) is 9.36 Å². The molecular weight excluding hydrogens is 420 g/mol. The molecule has 1 amide bonds. The Balaban J connectivity index is 1.23. The molecule has 1 aliphatic heterocycles. The van der Waals surface area contributed by atoms with Crippen LogP contribution >= 0.6 is 0 Å². The van der Waals surface area contributed by atoms with E-state index in [-0.39, 0.29) is 12.2 Å². The maximum absolute atomic E-state index is 12.7. The summed E-state index contributed by atoms with van der Waals surface area (Å²) in [4.78, 5) is 16.7. The van der Waals surface area contributed by atoms with Crippen LogP contribution in [0.25, 0.3) is 16.6 Å². The van der Waals surface area contributed by atoms with E-state index in [9.17, 15) is 4.79 Å². The van der Waals surface area contributed by atoms with Crippen molar-refractivity contribution in [3.05, 3.63) is 54.4 Å². The molecule has 0 radical (unpaired) electrons. The molecule has 4 aromatic rings. The molecule has 5 rings (SSSR count). The van der Waals surface area contributed by atoms with Crippen LogP contribution in [0.2, 0.25) is 0 Å². The molecule has 33 heavy (non-hydrogen) atoms. The molecule has 0 aromatic carbocycles. The maximum Gasteiger partial charge on any atom is 0.410 e. The van der Waals surface area contributed by atoms with E-state index >= 15 is 0 Å². The molecule has 10 nitrogen and oxygen atoms in total. The number of amides is 1. The van der Waals surface area contributed by atoms with Gasteiger partial charge in [-0.05, 0) is 26.0 Å². The Morgan fingerprint density at radius 1 is 1.03 bits per heavy atom. The number of aryl methyl sites for hydroxylation is 3. The number of fused-ring (bicyclic) bond motifs is 1. The van der Waals surface area contributed by atoms with Crippen molar-refractivity contribution in [3.63, 3.8) is 0 Å². The number of carbonyl (C=O) groups is 1. The topological polar surface area (TPSA) is 85.7 Å². The molecule has 4 aromatic heterocycles. The average Bonchev–Trinajstić information content (AvgIpc) is 3.51. The molecule has 10 heteroatoms. The zero-order valence-electron chi connectivity index (χ0n) is 19.3. The molecule has 0 aliphatic carbocycles. The van der Waals surface area contributed by atoms with Gasteiger partial charge in [0.2, 0.25) is 0 Å². The minimum Gasteiger partial charge on any atom is -0.440 e. The van der Waals surface area contributed by atoms with E-state index in [1.165, 1.54) is 0 Å². The molecule has 1 unspecified atom stereocenters. The summed E-state index contributed by atoms with van der Waals surface area (Å²) in [7, 11) is 3.77. The van der Waals surface area contributed by atoms with Crippen LogP contribution in [-0.2, 0) is 18.8 Å². The Labute approximate surface area is 192 Å². The van der Waals surface area contributed by atoms with Gasteiger partial charge in [-0.25, -0.2) is 9.31 Å². The third kappa shape index (κ3) is 4.04. The highest BCUT2D eigenvalue weighted by Gasteiger charge is 2.26. The quantitative estimate of drug-likeness (QED) is 0.477. The van der Waals surface area contributed by atoms with E-state index in [4.69, 9.17) is 4.74 Å². The van der Waals surface area contributed by atoms with Crippen LogP contribution in [0.15, 0.2) is 43.0 Å². The lowest BCUT2D eigenvalue weighted by atomic mass is 10.1. The van der Waals surface area contributed by atoms with Crippen LogP contribution in [0.4, 0.5) is 10.5 Å². The Morgan fingerprint density at radius 2 is 1.82 bits per heavy atom. The van der Waals surface area contributed by atoms with Gasteiger partial charge < -0.3 is 14.5 Å². The van der Waals surface area contributed by atoms with E-state index < -0.39 is 0 Å². The number of hydrogen-bond donors (Lipinski definition) is 0. The highest BCUT2D eigenvalue weighted by Crippen LogP contribution is 2.27. The minimum absolute atomic E-state index is 0.290. The molecule has 0 saturated carbocycles. The predicted octanol–water partition coefficient (Wildman–Crippen LogP) is 2.80. The summed E-state index contributed by atoms with van der Waals surface area (Å²) in [5.41, 5.74) is 6.02. The predicted molar refractivity (Wildman–Crippen MR) is 124 cm³/mol. The SMILES string of the molecule is Cc1cc(C(C)OC(=O)N2CCN(c3cnn4cc(-c5cnn(C)c5)ccc34)CC2)n(C)n1. The second-order valence-corrected chi connectivity index (χ2v) is 8.51. The number of carbonyl (C=O) groups excluding carboxylic acids is 1. The van der Waals surface area contributed by atoms with Gasteiger partial charge in [0.05, 0.1) is 35.0 Å². The Kier molecular flexibility index (Phi) is 5.27. The summed E-state index contributed by atoms with van der Waals surface area (Å²) in [5, 5.41) is 13.1. The van der Waals surface area contributed by atoms with E-state index in [1.807, 2.05) is 63.3 Å². The van der Waals surface area contributed by atoms with Crippen molar-refractivity contribution in [2.24, 2.45) is 14.1 Å². The standard InChI is InChI=1S/C23H28N8O2/c1-16-11-21(28(4)26-16)17(2)33-23(32)30-9-7-29(8-10-30)22-13-25-31-15-18(5-6-20(22)31)19-12-24-27(3)14-19/h5-6,11-15,17H,7-10H2,1-4H3. The van der Waals surface area contributed by atoms with Gasteiger partial charge in [0.1, 0.15) is 6.10 Å². The number of piperazine rings is 1. The van der Waals surface area contributed by atoms with Crippen LogP contribution in [0.3, 0.4) is 0 Å². The fourth-order valence-electron chi connectivity index (χ4n) is 4.38. The zero-order chi connectivity index (χ0) is 23.1. The van der Waals surface area contributed by atoms with Gasteiger partial charge in [0.25, 0.3) is 0 Å². The molecule has 0 N–H and O–H groups in total. The molecular formula is C23H28N8O2. The number of aromatic nitrogens is 6. The van der Waals surface area contributed by atoms with E-state index in [0.29, 0.717) is 13.1 Å². The van der Waals surface area contributed by atoms with Crippen molar-refractivity contribution < 1.29 is 9.53 Å². The smallest absolute Gasteiger partial charge is 0.410 e. The van der Waals surface area contributed by atoms with E-state index in [1.54, 1.807) is 14.3 Å². The molecule has 172 valence electrons. The second kappa shape index (κ2) is 8.27. The summed E-state index contributed by atoms with van der Waals surface area (Å²) < 4.78 is 11.2. The van der Waals surface area contributed by atoms with Crippen molar-refractivity contribution in [1.29, 1.82) is 0 Å².